The quantitative estimate of drug-likeness (QED) is 0.638. The van der Waals surface area contributed by atoms with Crippen LogP contribution in [-0.2, 0) is 9.59 Å². The summed E-state index contributed by atoms with van der Waals surface area (Å²) in [6.07, 6.45) is 1.24. The van der Waals surface area contributed by atoms with E-state index >= 15 is 0 Å². The number of carbonyl (C=O) groups excluding carboxylic acids is 4. The van der Waals surface area contributed by atoms with E-state index in [2.05, 4.69) is 0 Å². The smallest absolute Gasteiger partial charge is 0.331 e. The van der Waals surface area contributed by atoms with Gasteiger partial charge in [0.15, 0.2) is 0 Å². The minimum atomic E-state index is -1.28. The number of likely N-dealkylation sites (N-methyl/N-ethyl adjacent to an activating group) is 1. The van der Waals surface area contributed by atoms with Gasteiger partial charge in [-0.15, -0.1) is 0 Å². The highest BCUT2D eigenvalue weighted by Gasteiger charge is 2.33. The first-order valence-electron chi connectivity index (χ1n) is 7.13. The third-order valence-electron chi connectivity index (χ3n) is 3.62. The van der Waals surface area contributed by atoms with Crippen molar-refractivity contribution in [1.29, 1.82) is 0 Å². The highest BCUT2D eigenvalue weighted by molar-refractivity contribution is 6.30. The van der Waals surface area contributed by atoms with Gasteiger partial charge in [-0.25, -0.2) is 4.79 Å². The van der Waals surface area contributed by atoms with Crippen LogP contribution in [0.2, 0.25) is 0 Å². The van der Waals surface area contributed by atoms with Crippen molar-refractivity contribution in [3.63, 3.8) is 0 Å². The normalized spacial score (nSPS) is 16.3. The molecule has 25 heavy (non-hydrogen) atoms. The van der Waals surface area contributed by atoms with Gasteiger partial charge >= 0.3 is 6.03 Å². The molecule has 3 rings (SSSR count). The summed E-state index contributed by atoms with van der Waals surface area (Å²) in [5.41, 5.74) is 0.423. The molecule has 0 unspecified atom stereocenters. The molecule has 0 bridgehead atoms. The van der Waals surface area contributed by atoms with Gasteiger partial charge in [0.05, 0.1) is 5.97 Å². The summed E-state index contributed by atoms with van der Waals surface area (Å²) in [7, 11) is 1.25. The van der Waals surface area contributed by atoms with Crippen molar-refractivity contribution in [3.05, 3.63) is 53.3 Å². The lowest BCUT2D eigenvalue weighted by molar-refractivity contribution is -0.255. The Labute approximate surface area is 141 Å². The van der Waals surface area contributed by atoms with Crippen molar-refractivity contribution in [3.8, 4) is 11.3 Å². The van der Waals surface area contributed by atoms with Gasteiger partial charge in [0, 0.05) is 12.6 Å². The van der Waals surface area contributed by atoms with Gasteiger partial charge in [-0.05, 0) is 23.8 Å². The number of benzene rings is 1. The fourth-order valence-electron chi connectivity index (χ4n) is 2.24. The third-order valence-corrected chi connectivity index (χ3v) is 3.62. The van der Waals surface area contributed by atoms with Gasteiger partial charge in [0.25, 0.3) is 11.8 Å². The maximum atomic E-state index is 12.0. The van der Waals surface area contributed by atoms with Crippen LogP contribution in [0, 0.1) is 0 Å². The molecule has 1 aromatic carbocycles. The van der Waals surface area contributed by atoms with Crippen LogP contribution in [-0.4, -0.2) is 35.8 Å². The zero-order valence-electron chi connectivity index (χ0n) is 12.9. The molecular weight excluding hydrogens is 328 g/mol. The highest BCUT2D eigenvalue weighted by Crippen LogP contribution is 2.24. The van der Waals surface area contributed by atoms with E-state index in [0.717, 1.165) is 4.90 Å². The maximum Gasteiger partial charge on any atom is 0.331 e. The van der Waals surface area contributed by atoms with Gasteiger partial charge < -0.3 is 14.3 Å². The van der Waals surface area contributed by atoms with Crippen LogP contribution in [0.1, 0.15) is 16.1 Å². The second kappa shape index (κ2) is 6.08. The number of carbonyl (C=O) groups is 4. The molecule has 0 aliphatic carbocycles. The Balaban J connectivity index is 1.88. The largest absolute Gasteiger partial charge is 0.545 e. The Hall–Kier alpha value is -3.68. The Kier molecular flexibility index (Phi) is 3.94. The molecular formula is C17H11N2O6-. The number of carboxylic acids is 1. The van der Waals surface area contributed by atoms with Gasteiger partial charge in [-0.2, -0.15) is 0 Å². The van der Waals surface area contributed by atoms with Crippen molar-refractivity contribution >= 4 is 29.9 Å². The molecule has 1 N–H and O–H groups in total. The van der Waals surface area contributed by atoms with Gasteiger partial charge in [0.2, 0.25) is 0 Å². The van der Waals surface area contributed by atoms with E-state index in [0.29, 0.717) is 11.3 Å². The molecule has 1 aliphatic heterocycles. The molecule has 0 spiro atoms. The minimum absolute atomic E-state index is 0.0369. The van der Waals surface area contributed by atoms with Crippen molar-refractivity contribution in [1.82, 2.24) is 10.2 Å². The molecule has 8 nitrogen and oxygen atoms in total. The summed E-state index contributed by atoms with van der Waals surface area (Å²) in [5, 5.41) is 12.8. The number of aromatic carboxylic acids is 1. The number of imide groups is 2. The molecule has 1 fully saturated rings. The van der Waals surface area contributed by atoms with E-state index in [1.165, 1.54) is 25.3 Å². The summed E-state index contributed by atoms with van der Waals surface area (Å²) >= 11 is 0. The fourth-order valence-corrected chi connectivity index (χ4v) is 2.24. The van der Waals surface area contributed by atoms with Crippen LogP contribution in [0.25, 0.3) is 17.4 Å². The molecule has 1 aliphatic rings. The number of nitrogens with zero attached hydrogens (tertiary/aromatic N) is 1. The van der Waals surface area contributed by atoms with E-state index in [1.54, 1.807) is 24.3 Å². The number of urea groups is 1. The average molecular weight is 339 g/mol. The molecule has 126 valence electrons. The molecule has 0 radical (unpaired) electrons. The second-order valence-corrected chi connectivity index (χ2v) is 5.25. The van der Waals surface area contributed by atoms with Gasteiger partial charge in [-0.3, -0.25) is 19.8 Å². The summed E-state index contributed by atoms with van der Waals surface area (Å²) in [5.74, 6) is -2.16. The molecule has 0 saturated carbocycles. The third kappa shape index (κ3) is 3.05. The monoisotopic (exact) mass is 339 g/mol. The SMILES string of the molecule is CN1C(=O)NC(=O)/C(=C/c2ccc(-c3ccc(C(=O)[O-])cc3)o2)C1=O. The summed E-state index contributed by atoms with van der Waals surface area (Å²) in [4.78, 5) is 46.7. The van der Waals surface area contributed by atoms with Crippen LogP contribution in [0.5, 0.6) is 0 Å². The van der Waals surface area contributed by atoms with Crippen molar-refractivity contribution in [2.45, 2.75) is 0 Å². The second-order valence-electron chi connectivity index (χ2n) is 5.25. The Bertz CT molecular complexity index is 923. The van der Waals surface area contributed by atoms with E-state index in [1.807, 2.05) is 5.32 Å². The topological polar surface area (TPSA) is 120 Å². The standard InChI is InChI=1S/C17H12N2O6/c1-19-15(21)12(14(20)18-17(19)24)8-11-6-7-13(25-11)9-2-4-10(5-3-9)16(22)23/h2-8H,1H3,(H,22,23)(H,18,20,24)/p-1/b12-8-. The number of hydrogen-bond acceptors (Lipinski definition) is 6. The maximum absolute atomic E-state index is 12.0. The minimum Gasteiger partial charge on any atom is -0.545 e. The van der Waals surface area contributed by atoms with Crippen LogP contribution < -0.4 is 10.4 Å². The summed E-state index contributed by atoms with van der Waals surface area (Å²) in [6, 6.07) is 8.22. The molecule has 0 atom stereocenters. The first-order valence-corrected chi connectivity index (χ1v) is 7.13. The van der Waals surface area contributed by atoms with E-state index in [9.17, 15) is 24.3 Å². The first-order chi connectivity index (χ1) is 11.9. The van der Waals surface area contributed by atoms with Crippen molar-refractivity contribution < 1.29 is 28.7 Å². The lowest BCUT2D eigenvalue weighted by Crippen LogP contribution is -2.52. The molecule has 8 heteroatoms. The Morgan fingerprint density at radius 2 is 1.80 bits per heavy atom. The Morgan fingerprint density at radius 1 is 1.12 bits per heavy atom. The lowest BCUT2D eigenvalue weighted by Gasteiger charge is -2.21. The predicted octanol–water partition coefficient (Wildman–Crippen LogP) is 0.402. The summed E-state index contributed by atoms with van der Waals surface area (Å²) in [6.45, 7) is 0. The number of nitrogens with one attached hydrogen (secondary N) is 1. The van der Waals surface area contributed by atoms with Gasteiger partial charge in [0.1, 0.15) is 17.1 Å². The van der Waals surface area contributed by atoms with Crippen LogP contribution >= 0.6 is 0 Å². The number of carboxylic acid groups (broad SMARTS) is 1. The lowest BCUT2D eigenvalue weighted by atomic mass is 10.1. The zero-order valence-corrected chi connectivity index (χ0v) is 12.9. The van der Waals surface area contributed by atoms with E-state index in [-0.39, 0.29) is 16.9 Å². The average Bonchev–Trinajstić information content (AvgIpc) is 3.05. The molecule has 2 aromatic rings. The number of furan rings is 1. The fraction of sp³-hybridized carbons (Fsp3) is 0.0588. The number of amides is 4. The van der Waals surface area contributed by atoms with Crippen LogP contribution in [0.3, 0.4) is 0 Å². The zero-order chi connectivity index (χ0) is 18.1. The summed E-state index contributed by atoms with van der Waals surface area (Å²) < 4.78 is 5.56. The predicted molar refractivity (Wildman–Crippen MR) is 82.8 cm³/mol. The highest BCUT2D eigenvalue weighted by atomic mass is 16.4. The Morgan fingerprint density at radius 3 is 2.44 bits per heavy atom. The van der Waals surface area contributed by atoms with Crippen molar-refractivity contribution in [2.75, 3.05) is 7.05 Å². The molecule has 2 heterocycles. The number of rotatable bonds is 3. The molecule has 1 aromatic heterocycles. The van der Waals surface area contributed by atoms with E-state index in [4.69, 9.17) is 4.42 Å². The van der Waals surface area contributed by atoms with Crippen molar-refractivity contribution in [2.24, 2.45) is 0 Å². The molecule has 1 saturated heterocycles. The number of barbiturate groups is 1. The first kappa shape index (κ1) is 16.2. The van der Waals surface area contributed by atoms with Crippen LogP contribution in [0.4, 0.5) is 4.79 Å². The van der Waals surface area contributed by atoms with E-state index < -0.39 is 23.8 Å². The van der Waals surface area contributed by atoms with Crippen LogP contribution in [0.15, 0.2) is 46.4 Å². The number of hydrogen-bond donors (Lipinski definition) is 1. The van der Waals surface area contributed by atoms with Gasteiger partial charge in [-0.1, -0.05) is 24.3 Å². The molecule has 4 amide bonds.